The van der Waals surface area contributed by atoms with Gasteiger partial charge in [-0.2, -0.15) is 5.26 Å². The van der Waals surface area contributed by atoms with E-state index in [1.165, 1.54) is 6.07 Å². The molecule has 1 heterocycles. The molecule has 0 fully saturated rings. The Morgan fingerprint density at radius 3 is 2.59 bits per heavy atom. The van der Waals surface area contributed by atoms with Crippen molar-refractivity contribution in [3.05, 3.63) is 27.5 Å². The smallest absolute Gasteiger partial charge is 0.271 e. The fraction of sp³-hybridized carbons (Fsp3) is 0.500. The maximum absolute atomic E-state index is 11.9. The zero-order valence-corrected chi connectivity index (χ0v) is 10.2. The molecular formula is C12H16N2O3. The van der Waals surface area contributed by atoms with Gasteiger partial charge < -0.3 is 10.2 Å². The molecule has 2 N–H and O–H groups in total. The van der Waals surface area contributed by atoms with Crippen molar-refractivity contribution in [3.63, 3.8) is 0 Å². The molecule has 1 aromatic heterocycles. The predicted molar refractivity (Wildman–Crippen MR) is 62.7 cm³/mol. The number of aromatic hydroxyl groups is 1. The summed E-state index contributed by atoms with van der Waals surface area (Å²) in [7, 11) is 0. The van der Waals surface area contributed by atoms with E-state index in [2.05, 4.69) is 0 Å². The molecule has 0 aliphatic carbocycles. The molecule has 0 saturated carbocycles. The topological polar surface area (TPSA) is 86.2 Å². The van der Waals surface area contributed by atoms with Crippen molar-refractivity contribution >= 4 is 0 Å². The van der Waals surface area contributed by atoms with Gasteiger partial charge in [-0.15, -0.1) is 0 Å². The zero-order chi connectivity index (χ0) is 13.2. The largest absolute Gasteiger partial charge is 0.494 e. The molecule has 1 aromatic rings. The lowest BCUT2D eigenvalue weighted by Crippen LogP contribution is -2.32. The molecule has 5 nitrogen and oxygen atoms in total. The maximum atomic E-state index is 11.9. The van der Waals surface area contributed by atoms with Crippen LogP contribution in [-0.4, -0.2) is 21.4 Å². The highest BCUT2D eigenvalue weighted by Gasteiger charge is 2.21. The van der Waals surface area contributed by atoms with Crippen molar-refractivity contribution < 1.29 is 10.2 Å². The Hall–Kier alpha value is -1.80. The van der Waals surface area contributed by atoms with Crippen LogP contribution >= 0.6 is 0 Å². The molecule has 0 radical (unpaired) electrons. The van der Waals surface area contributed by atoms with Crippen LogP contribution in [0.2, 0.25) is 0 Å². The summed E-state index contributed by atoms with van der Waals surface area (Å²) >= 11 is 0. The molecule has 0 aliphatic rings. The Bertz CT molecular complexity index is 524. The van der Waals surface area contributed by atoms with Crippen LogP contribution in [0.1, 0.15) is 25.0 Å². The number of pyridine rings is 1. The molecule has 17 heavy (non-hydrogen) atoms. The third-order valence-electron chi connectivity index (χ3n) is 2.60. The van der Waals surface area contributed by atoms with E-state index in [0.29, 0.717) is 5.56 Å². The van der Waals surface area contributed by atoms with Gasteiger partial charge in [-0.25, -0.2) is 0 Å². The molecule has 0 aliphatic heterocycles. The average Bonchev–Trinajstić information content (AvgIpc) is 2.25. The Kier molecular flexibility index (Phi) is 3.59. The van der Waals surface area contributed by atoms with E-state index in [4.69, 9.17) is 10.4 Å². The lowest BCUT2D eigenvalue weighted by Gasteiger charge is -2.23. The number of aliphatic hydroxyl groups excluding tert-OH is 1. The van der Waals surface area contributed by atoms with Gasteiger partial charge in [-0.1, -0.05) is 13.8 Å². The minimum Gasteiger partial charge on any atom is -0.494 e. The van der Waals surface area contributed by atoms with Gasteiger partial charge in [-0.05, 0) is 12.5 Å². The highest BCUT2D eigenvalue weighted by molar-refractivity contribution is 5.37. The van der Waals surface area contributed by atoms with Crippen molar-refractivity contribution in [1.29, 1.82) is 5.26 Å². The van der Waals surface area contributed by atoms with E-state index in [1.807, 2.05) is 6.07 Å². The molecule has 0 spiro atoms. The van der Waals surface area contributed by atoms with Crippen molar-refractivity contribution in [2.75, 3.05) is 6.61 Å². The van der Waals surface area contributed by atoms with Crippen LogP contribution in [-0.2, 0) is 6.54 Å². The maximum Gasteiger partial charge on any atom is 0.271 e. The van der Waals surface area contributed by atoms with Crippen LogP contribution in [0, 0.1) is 23.7 Å². The number of nitriles is 1. The van der Waals surface area contributed by atoms with Crippen molar-refractivity contribution in [2.45, 2.75) is 27.3 Å². The van der Waals surface area contributed by atoms with Gasteiger partial charge in [0.15, 0.2) is 5.88 Å². The van der Waals surface area contributed by atoms with Gasteiger partial charge in [-0.3, -0.25) is 9.36 Å². The van der Waals surface area contributed by atoms with Crippen LogP contribution in [0.5, 0.6) is 5.88 Å². The highest BCUT2D eigenvalue weighted by Crippen LogP contribution is 2.20. The van der Waals surface area contributed by atoms with Crippen LogP contribution in [0.3, 0.4) is 0 Å². The van der Waals surface area contributed by atoms with Crippen LogP contribution in [0.4, 0.5) is 0 Å². The van der Waals surface area contributed by atoms with Gasteiger partial charge >= 0.3 is 0 Å². The summed E-state index contributed by atoms with van der Waals surface area (Å²) in [4.78, 5) is 11.9. The first-order chi connectivity index (χ1) is 7.82. The highest BCUT2D eigenvalue weighted by atomic mass is 16.3. The minimum atomic E-state index is -0.538. The standard InChI is InChI=1S/C12H16N2O3/c1-8-4-10(16)14(6-12(2,3)7-15)11(17)9(8)5-13/h4,15-16H,6-7H2,1-3H3. The van der Waals surface area contributed by atoms with E-state index in [-0.39, 0.29) is 24.6 Å². The predicted octanol–water partition coefficient (Wildman–Crippen LogP) is 0.752. The molecule has 0 saturated heterocycles. The third-order valence-corrected chi connectivity index (χ3v) is 2.60. The van der Waals surface area contributed by atoms with E-state index in [0.717, 1.165) is 4.57 Å². The molecule has 92 valence electrons. The van der Waals surface area contributed by atoms with Crippen LogP contribution in [0.15, 0.2) is 10.9 Å². The monoisotopic (exact) mass is 236 g/mol. The van der Waals surface area contributed by atoms with Crippen LogP contribution < -0.4 is 5.56 Å². The van der Waals surface area contributed by atoms with E-state index in [9.17, 15) is 9.90 Å². The van der Waals surface area contributed by atoms with Crippen molar-refractivity contribution in [1.82, 2.24) is 4.57 Å². The molecular weight excluding hydrogens is 220 g/mol. The first-order valence-electron chi connectivity index (χ1n) is 5.27. The zero-order valence-electron chi connectivity index (χ0n) is 10.2. The summed E-state index contributed by atoms with van der Waals surface area (Å²) < 4.78 is 1.11. The van der Waals surface area contributed by atoms with Gasteiger partial charge in [0, 0.05) is 24.6 Å². The fourth-order valence-electron chi connectivity index (χ4n) is 1.52. The van der Waals surface area contributed by atoms with Gasteiger partial charge in [0.25, 0.3) is 5.56 Å². The normalized spacial score (nSPS) is 11.2. The Labute approximate surface area is 99.6 Å². The Balaban J connectivity index is 3.37. The molecule has 1 rings (SSSR count). The second-order valence-corrected chi connectivity index (χ2v) is 4.89. The quantitative estimate of drug-likeness (QED) is 0.811. The van der Waals surface area contributed by atoms with Crippen molar-refractivity contribution in [2.24, 2.45) is 5.41 Å². The van der Waals surface area contributed by atoms with Gasteiger partial charge in [0.2, 0.25) is 0 Å². The van der Waals surface area contributed by atoms with Crippen LogP contribution in [0.25, 0.3) is 0 Å². The van der Waals surface area contributed by atoms with E-state index in [1.54, 1.807) is 20.8 Å². The molecule has 0 bridgehead atoms. The first-order valence-corrected chi connectivity index (χ1v) is 5.27. The average molecular weight is 236 g/mol. The first kappa shape index (κ1) is 13.3. The molecule has 5 heteroatoms. The second kappa shape index (κ2) is 4.60. The second-order valence-electron chi connectivity index (χ2n) is 4.89. The number of rotatable bonds is 3. The summed E-state index contributed by atoms with van der Waals surface area (Å²) in [6.07, 6.45) is 0. The molecule has 0 amide bonds. The summed E-state index contributed by atoms with van der Waals surface area (Å²) in [6, 6.07) is 3.21. The van der Waals surface area contributed by atoms with E-state index >= 15 is 0 Å². The summed E-state index contributed by atoms with van der Waals surface area (Å²) in [5.41, 5.74) is -0.584. The number of nitrogens with zero attached hydrogens (tertiary/aromatic N) is 2. The number of aliphatic hydroxyl groups is 1. The number of aryl methyl sites for hydroxylation is 1. The van der Waals surface area contributed by atoms with Crippen molar-refractivity contribution in [3.8, 4) is 11.9 Å². The third kappa shape index (κ3) is 2.66. The van der Waals surface area contributed by atoms with E-state index < -0.39 is 11.0 Å². The summed E-state index contributed by atoms with van der Waals surface area (Å²) in [6.45, 7) is 5.18. The fourth-order valence-corrected chi connectivity index (χ4v) is 1.52. The SMILES string of the molecule is Cc1cc(O)n(CC(C)(C)CO)c(=O)c1C#N. The van der Waals surface area contributed by atoms with Gasteiger partial charge in [0.1, 0.15) is 11.6 Å². The molecule has 0 atom stereocenters. The summed E-state index contributed by atoms with van der Waals surface area (Å²) in [5, 5.41) is 27.8. The summed E-state index contributed by atoms with van der Waals surface area (Å²) in [5.74, 6) is -0.187. The Morgan fingerprint density at radius 1 is 1.53 bits per heavy atom. The number of aromatic nitrogens is 1. The Morgan fingerprint density at radius 2 is 2.12 bits per heavy atom. The minimum absolute atomic E-state index is 0.0246. The lowest BCUT2D eigenvalue weighted by atomic mass is 9.94. The molecule has 0 aromatic carbocycles. The number of hydrogen-bond acceptors (Lipinski definition) is 4. The molecule has 0 unspecified atom stereocenters. The number of hydrogen-bond donors (Lipinski definition) is 2. The lowest BCUT2D eigenvalue weighted by molar-refractivity contribution is 0.136. The van der Waals surface area contributed by atoms with Gasteiger partial charge in [0.05, 0.1) is 0 Å².